The molecule has 0 bridgehead atoms. The lowest BCUT2D eigenvalue weighted by atomic mass is 9.97. The molecule has 2 amide bonds. The van der Waals surface area contributed by atoms with Gasteiger partial charge in [0.15, 0.2) is 0 Å². The molecule has 1 aliphatic rings. The summed E-state index contributed by atoms with van der Waals surface area (Å²) in [5, 5.41) is 2.74. The van der Waals surface area contributed by atoms with Gasteiger partial charge in [-0.15, -0.1) is 0 Å². The number of carbonyl (C=O) groups excluding carboxylic acids is 2. The highest BCUT2D eigenvalue weighted by molar-refractivity contribution is 7.89. The smallest absolute Gasteiger partial charge is 0.255 e. The van der Waals surface area contributed by atoms with Crippen LogP contribution in [0.1, 0.15) is 37.0 Å². The first-order valence-corrected chi connectivity index (χ1v) is 11.9. The summed E-state index contributed by atoms with van der Waals surface area (Å²) in [5.74, 6) is -0.222. The van der Waals surface area contributed by atoms with E-state index in [1.54, 1.807) is 38.1 Å². The molecule has 3 N–H and O–H groups in total. The molecule has 2 aromatic rings. The second-order valence-electron chi connectivity index (χ2n) is 8.19. The Labute approximate surface area is 188 Å². The van der Waals surface area contributed by atoms with Crippen molar-refractivity contribution in [2.45, 2.75) is 37.6 Å². The molecule has 2 heterocycles. The van der Waals surface area contributed by atoms with Crippen LogP contribution in [0.3, 0.4) is 0 Å². The molecule has 1 fully saturated rings. The lowest BCUT2D eigenvalue weighted by molar-refractivity contribution is -0.122. The summed E-state index contributed by atoms with van der Waals surface area (Å²) in [6.45, 7) is 4.88. The van der Waals surface area contributed by atoms with E-state index in [-0.39, 0.29) is 28.3 Å². The summed E-state index contributed by atoms with van der Waals surface area (Å²) in [6.07, 6.45) is 3.18. The van der Waals surface area contributed by atoms with Gasteiger partial charge >= 0.3 is 0 Å². The Morgan fingerprint density at radius 3 is 2.62 bits per heavy atom. The number of rotatable bonds is 7. The van der Waals surface area contributed by atoms with Crippen LogP contribution in [0.15, 0.2) is 47.5 Å². The van der Waals surface area contributed by atoms with Crippen LogP contribution in [-0.2, 0) is 14.8 Å². The fourth-order valence-electron chi connectivity index (χ4n) is 3.51. The minimum absolute atomic E-state index is 0.0592. The number of pyridine rings is 1. The summed E-state index contributed by atoms with van der Waals surface area (Å²) < 4.78 is 26.7. The number of sulfonamides is 1. The molecule has 1 aromatic heterocycles. The van der Waals surface area contributed by atoms with E-state index in [9.17, 15) is 18.0 Å². The number of primary amides is 1. The molecular formula is C22H29N5O4S. The predicted molar refractivity (Wildman–Crippen MR) is 123 cm³/mol. The number of carbonyl (C=O) groups is 2. The predicted octanol–water partition coefficient (Wildman–Crippen LogP) is 2.06. The Morgan fingerprint density at radius 1 is 1.25 bits per heavy atom. The molecule has 1 saturated heterocycles. The highest BCUT2D eigenvalue weighted by Crippen LogP contribution is 2.23. The average molecular weight is 460 g/mol. The third kappa shape index (κ3) is 5.25. The number of hydrogen-bond acceptors (Lipinski definition) is 6. The third-order valence-corrected chi connectivity index (χ3v) is 7.68. The quantitative estimate of drug-likeness (QED) is 0.653. The zero-order chi connectivity index (χ0) is 23.5. The second-order valence-corrected chi connectivity index (χ2v) is 10.2. The SMILES string of the molecule is CC(C)N(C)S(=O)(=O)c1cccc(C(=O)Nc2ccc(N3CCCC(C(N)=O)C3)nc2)c1. The van der Waals surface area contributed by atoms with Gasteiger partial charge in [-0.05, 0) is 57.0 Å². The molecule has 10 heteroatoms. The van der Waals surface area contributed by atoms with Crippen LogP contribution < -0.4 is 16.0 Å². The first-order chi connectivity index (χ1) is 15.1. The lowest BCUT2D eigenvalue weighted by Crippen LogP contribution is -2.41. The number of amides is 2. The molecule has 0 aliphatic carbocycles. The van der Waals surface area contributed by atoms with Gasteiger partial charge in [-0.25, -0.2) is 13.4 Å². The maximum Gasteiger partial charge on any atom is 0.255 e. The van der Waals surface area contributed by atoms with Gasteiger partial charge in [0.05, 0.1) is 22.7 Å². The van der Waals surface area contributed by atoms with E-state index in [0.29, 0.717) is 18.1 Å². The van der Waals surface area contributed by atoms with E-state index >= 15 is 0 Å². The Kier molecular flexibility index (Phi) is 7.15. The van der Waals surface area contributed by atoms with Crippen LogP contribution in [0.5, 0.6) is 0 Å². The second kappa shape index (κ2) is 9.66. The maximum atomic E-state index is 12.7. The minimum Gasteiger partial charge on any atom is -0.369 e. The molecule has 3 rings (SSSR count). The van der Waals surface area contributed by atoms with E-state index in [1.165, 1.54) is 29.7 Å². The number of anilines is 2. The van der Waals surface area contributed by atoms with Crippen LogP contribution in [0, 0.1) is 5.92 Å². The number of benzene rings is 1. The van der Waals surface area contributed by atoms with Crippen molar-refractivity contribution < 1.29 is 18.0 Å². The van der Waals surface area contributed by atoms with Crippen LogP contribution in [0.2, 0.25) is 0 Å². The van der Waals surface area contributed by atoms with Crippen molar-refractivity contribution in [2.24, 2.45) is 11.7 Å². The number of nitrogens with zero attached hydrogens (tertiary/aromatic N) is 3. The first-order valence-electron chi connectivity index (χ1n) is 10.5. The number of nitrogens with two attached hydrogens (primary N) is 1. The summed E-state index contributed by atoms with van der Waals surface area (Å²) >= 11 is 0. The summed E-state index contributed by atoms with van der Waals surface area (Å²) in [4.78, 5) is 30.6. The van der Waals surface area contributed by atoms with E-state index in [1.807, 2.05) is 4.90 Å². The Bertz CT molecular complexity index is 1090. The van der Waals surface area contributed by atoms with Gasteiger partial charge < -0.3 is 16.0 Å². The minimum atomic E-state index is -3.69. The van der Waals surface area contributed by atoms with Crippen LogP contribution in [0.25, 0.3) is 0 Å². The molecule has 0 radical (unpaired) electrons. The zero-order valence-electron chi connectivity index (χ0n) is 18.5. The molecule has 0 saturated carbocycles. The summed E-state index contributed by atoms with van der Waals surface area (Å²) in [5.41, 5.74) is 6.15. The molecule has 172 valence electrons. The van der Waals surface area contributed by atoms with Gasteiger partial charge in [0.25, 0.3) is 5.91 Å². The molecule has 0 spiro atoms. The lowest BCUT2D eigenvalue weighted by Gasteiger charge is -2.32. The van der Waals surface area contributed by atoms with Crippen LogP contribution >= 0.6 is 0 Å². The van der Waals surface area contributed by atoms with E-state index in [2.05, 4.69) is 10.3 Å². The van der Waals surface area contributed by atoms with Crippen LogP contribution in [0.4, 0.5) is 11.5 Å². The molecule has 9 nitrogen and oxygen atoms in total. The average Bonchev–Trinajstić information content (AvgIpc) is 2.79. The maximum absolute atomic E-state index is 12.7. The monoisotopic (exact) mass is 459 g/mol. The largest absolute Gasteiger partial charge is 0.369 e. The van der Waals surface area contributed by atoms with E-state index in [0.717, 1.165) is 19.4 Å². The number of nitrogens with one attached hydrogen (secondary N) is 1. The molecule has 32 heavy (non-hydrogen) atoms. The summed E-state index contributed by atoms with van der Waals surface area (Å²) in [7, 11) is -2.19. The van der Waals surface area contributed by atoms with E-state index < -0.39 is 15.9 Å². The van der Waals surface area contributed by atoms with Crippen molar-refractivity contribution in [2.75, 3.05) is 30.4 Å². The fraction of sp³-hybridized carbons (Fsp3) is 0.409. The van der Waals surface area contributed by atoms with Gasteiger partial charge in [-0.2, -0.15) is 4.31 Å². The van der Waals surface area contributed by atoms with Gasteiger partial charge in [0.2, 0.25) is 15.9 Å². The number of aromatic nitrogens is 1. The number of hydrogen-bond donors (Lipinski definition) is 2. The standard InChI is InChI=1S/C22H29N5O4S/c1-15(2)26(3)32(30,31)19-8-4-6-16(12-19)22(29)25-18-9-10-20(24-13-18)27-11-5-7-17(14-27)21(23)28/h4,6,8-10,12-13,15,17H,5,7,11,14H2,1-3H3,(H2,23,28)(H,25,29). The highest BCUT2D eigenvalue weighted by atomic mass is 32.2. The Morgan fingerprint density at radius 2 is 2.00 bits per heavy atom. The Balaban J connectivity index is 1.71. The van der Waals surface area contributed by atoms with Crippen molar-refractivity contribution in [1.82, 2.24) is 9.29 Å². The molecule has 1 unspecified atom stereocenters. The van der Waals surface area contributed by atoms with Crippen LogP contribution in [-0.4, -0.2) is 55.7 Å². The van der Waals surface area contributed by atoms with Crippen molar-refractivity contribution in [3.63, 3.8) is 0 Å². The highest BCUT2D eigenvalue weighted by Gasteiger charge is 2.25. The zero-order valence-corrected chi connectivity index (χ0v) is 19.3. The number of piperidine rings is 1. The topological polar surface area (TPSA) is 126 Å². The molecule has 1 aliphatic heterocycles. The molecule has 1 aromatic carbocycles. The molecule has 1 atom stereocenters. The third-order valence-electron chi connectivity index (χ3n) is 5.65. The van der Waals surface area contributed by atoms with E-state index in [4.69, 9.17) is 5.73 Å². The van der Waals surface area contributed by atoms with Crippen molar-refractivity contribution in [1.29, 1.82) is 0 Å². The van der Waals surface area contributed by atoms with Crippen molar-refractivity contribution in [3.8, 4) is 0 Å². The van der Waals surface area contributed by atoms with Gasteiger partial charge in [0.1, 0.15) is 5.82 Å². The molecular weight excluding hydrogens is 430 g/mol. The van der Waals surface area contributed by atoms with Gasteiger partial charge in [0, 0.05) is 31.7 Å². The normalized spacial score (nSPS) is 16.9. The van der Waals surface area contributed by atoms with Crippen molar-refractivity contribution >= 4 is 33.3 Å². The summed E-state index contributed by atoms with van der Waals surface area (Å²) in [6, 6.07) is 9.23. The Hall–Kier alpha value is -2.98. The fourth-order valence-corrected chi connectivity index (χ4v) is 4.92. The van der Waals surface area contributed by atoms with Crippen molar-refractivity contribution in [3.05, 3.63) is 48.2 Å². The first kappa shape index (κ1) is 23.7. The van der Waals surface area contributed by atoms with Gasteiger partial charge in [-0.3, -0.25) is 9.59 Å². The van der Waals surface area contributed by atoms with Gasteiger partial charge in [-0.1, -0.05) is 6.07 Å².